The SMILES string of the molecule is O=[N+]([O-])c1ccc(Oc2cc(Cl)ccc2Cl)c(CCl)c1. The summed E-state index contributed by atoms with van der Waals surface area (Å²) in [5.41, 5.74) is 0.446. The minimum atomic E-state index is -0.494. The Labute approximate surface area is 130 Å². The number of benzene rings is 2. The second-order valence-corrected chi connectivity index (χ2v) is 4.97. The molecule has 0 aliphatic rings. The quantitative estimate of drug-likeness (QED) is 0.426. The average Bonchev–Trinajstić information content (AvgIpc) is 2.43. The number of rotatable bonds is 4. The lowest BCUT2D eigenvalue weighted by atomic mass is 10.2. The Hall–Kier alpha value is -1.49. The Bertz CT molecular complexity index is 661. The molecule has 0 aliphatic carbocycles. The van der Waals surface area contributed by atoms with Crippen LogP contribution in [0.1, 0.15) is 5.56 Å². The van der Waals surface area contributed by atoms with Gasteiger partial charge in [-0.15, -0.1) is 11.6 Å². The van der Waals surface area contributed by atoms with E-state index in [0.717, 1.165) is 0 Å². The molecule has 104 valence electrons. The van der Waals surface area contributed by atoms with Crippen LogP contribution in [-0.2, 0) is 5.88 Å². The Kier molecular flexibility index (Phi) is 4.70. The predicted octanol–water partition coefficient (Wildman–Crippen LogP) is 5.43. The highest BCUT2D eigenvalue weighted by molar-refractivity contribution is 6.34. The lowest BCUT2D eigenvalue weighted by molar-refractivity contribution is -0.384. The van der Waals surface area contributed by atoms with Gasteiger partial charge >= 0.3 is 0 Å². The van der Waals surface area contributed by atoms with Crippen LogP contribution < -0.4 is 4.74 Å². The molecule has 7 heteroatoms. The topological polar surface area (TPSA) is 52.4 Å². The van der Waals surface area contributed by atoms with Crippen molar-refractivity contribution in [2.75, 3.05) is 0 Å². The Morgan fingerprint density at radius 1 is 1.10 bits per heavy atom. The molecule has 0 bridgehead atoms. The molecule has 0 atom stereocenters. The maximum Gasteiger partial charge on any atom is 0.270 e. The molecule has 2 aromatic rings. The molecule has 0 aliphatic heterocycles. The number of nitro groups is 1. The van der Waals surface area contributed by atoms with E-state index in [9.17, 15) is 10.1 Å². The van der Waals surface area contributed by atoms with Crippen molar-refractivity contribution >= 4 is 40.5 Å². The van der Waals surface area contributed by atoms with Gasteiger partial charge in [0.2, 0.25) is 0 Å². The third-order valence-corrected chi connectivity index (χ3v) is 3.35. The van der Waals surface area contributed by atoms with Gasteiger partial charge in [-0.2, -0.15) is 0 Å². The van der Waals surface area contributed by atoms with Crippen LogP contribution in [0.25, 0.3) is 0 Å². The van der Waals surface area contributed by atoms with Crippen LogP contribution in [0.3, 0.4) is 0 Å². The summed E-state index contributed by atoms with van der Waals surface area (Å²) >= 11 is 17.7. The number of hydrogen-bond donors (Lipinski definition) is 0. The van der Waals surface area contributed by atoms with Gasteiger partial charge in [-0.05, 0) is 18.2 Å². The van der Waals surface area contributed by atoms with Gasteiger partial charge in [0.05, 0.1) is 15.8 Å². The number of halogens is 3. The van der Waals surface area contributed by atoms with E-state index in [1.165, 1.54) is 18.2 Å². The van der Waals surface area contributed by atoms with Crippen LogP contribution in [0.15, 0.2) is 36.4 Å². The standard InChI is InChI=1S/C13H8Cl3NO3/c14-7-8-5-10(17(18)19)2-4-12(8)20-13-6-9(15)1-3-11(13)16/h1-6H,7H2. The summed E-state index contributed by atoms with van der Waals surface area (Å²) in [7, 11) is 0. The van der Waals surface area contributed by atoms with E-state index >= 15 is 0 Å². The minimum Gasteiger partial charge on any atom is -0.455 e. The lowest BCUT2D eigenvalue weighted by Gasteiger charge is -2.11. The molecule has 0 heterocycles. The largest absolute Gasteiger partial charge is 0.455 e. The van der Waals surface area contributed by atoms with Crippen molar-refractivity contribution in [3.8, 4) is 11.5 Å². The molecule has 0 aromatic heterocycles. The molecule has 0 saturated carbocycles. The normalized spacial score (nSPS) is 10.3. The van der Waals surface area contributed by atoms with Crippen molar-refractivity contribution < 1.29 is 9.66 Å². The van der Waals surface area contributed by atoms with Crippen molar-refractivity contribution in [1.29, 1.82) is 0 Å². The summed E-state index contributed by atoms with van der Waals surface area (Å²) in [5.74, 6) is 0.837. The summed E-state index contributed by atoms with van der Waals surface area (Å²) in [6.45, 7) is 0. The number of alkyl halides is 1. The van der Waals surface area contributed by atoms with Gasteiger partial charge in [-0.3, -0.25) is 10.1 Å². The Balaban J connectivity index is 2.38. The van der Waals surface area contributed by atoms with Gasteiger partial charge in [0.25, 0.3) is 5.69 Å². The van der Waals surface area contributed by atoms with E-state index in [-0.39, 0.29) is 11.6 Å². The number of nitrogens with zero attached hydrogens (tertiary/aromatic N) is 1. The molecule has 0 fully saturated rings. The maximum absolute atomic E-state index is 10.7. The Morgan fingerprint density at radius 2 is 1.85 bits per heavy atom. The van der Waals surface area contributed by atoms with Crippen LogP contribution in [0.4, 0.5) is 5.69 Å². The van der Waals surface area contributed by atoms with Crippen molar-refractivity contribution in [3.05, 3.63) is 62.1 Å². The molecule has 20 heavy (non-hydrogen) atoms. The van der Waals surface area contributed by atoms with Crippen molar-refractivity contribution in [1.82, 2.24) is 0 Å². The van der Waals surface area contributed by atoms with Crippen molar-refractivity contribution in [2.45, 2.75) is 5.88 Å². The fourth-order valence-electron chi connectivity index (χ4n) is 1.56. The van der Waals surface area contributed by atoms with Gasteiger partial charge in [-0.1, -0.05) is 23.2 Å². The summed E-state index contributed by atoms with van der Waals surface area (Å²) in [6, 6.07) is 8.97. The molecule has 0 N–H and O–H groups in total. The first-order valence-electron chi connectivity index (χ1n) is 5.47. The number of non-ortho nitro benzene ring substituents is 1. The van der Waals surface area contributed by atoms with Gasteiger partial charge < -0.3 is 4.74 Å². The summed E-state index contributed by atoms with van der Waals surface area (Å²) < 4.78 is 5.62. The molecule has 0 saturated heterocycles. The molecule has 2 rings (SSSR count). The predicted molar refractivity (Wildman–Crippen MR) is 79.2 cm³/mol. The zero-order valence-corrected chi connectivity index (χ0v) is 12.2. The summed E-state index contributed by atoms with van der Waals surface area (Å²) in [4.78, 5) is 10.2. The summed E-state index contributed by atoms with van der Waals surface area (Å²) in [5, 5.41) is 11.6. The van der Waals surface area contributed by atoms with Gasteiger partial charge in [0, 0.05) is 28.8 Å². The van der Waals surface area contributed by atoms with Crippen LogP contribution in [0.2, 0.25) is 10.0 Å². The highest BCUT2D eigenvalue weighted by Gasteiger charge is 2.13. The van der Waals surface area contributed by atoms with Crippen LogP contribution in [-0.4, -0.2) is 4.92 Å². The molecule has 0 radical (unpaired) electrons. The molecular weight excluding hydrogens is 325 g/mol. The first-order valence-corrected chi connectivity index (χ1v) is 6.76. The third kappa shape index (κ3) is 3.33. The van der Waals surface area contributed by atoms with E-state index in [4.69, 9.17) is 39.5 Å². The zero-order chi connectivity index (χ0) is 14.7. The number of nitro benzene ring substituents is 1. The number of hydrogen-bond acceptors (Lipinski definition) is 3. The Morgan fingerprint density at radius 3 is 2.50 bits per heavy atom. The van der Waals surface area contributed by atoms with Gasteiger partial charge in [-0.25, -0.2) is 0 Å². The second-order valence-electron chi connectivity index (χ2n) is 3.86. The molecular formula is C13H8Cl3NO3. The molecule has 0 unspecified atom stereocenters. The fraction of sp³-hybridized carbons (Fsp3) is 0.0769. The van der Waals surface area contributed by atoms with Crippen molar-refractivity contribution in [2.24, 2.45) is 0 Å². The van der Waals surface area contributed by atoms with Crippen LogP contribution in [0, 0.1) is 10.1 Å². The van der Waals surface area contributed by atoms with E-state index < -0.39 is 4.92 Å². The van der Waals surface area contributed by atoms with Gasteiger partial charge in [0.1, 0.15) is 11.5 Å². The highest BCUT2D eigenvalue weighted by Crippen LogP contribution is 2.35. The molecule has 0 amide bonds. The van der Waals surface area contributed by atoms with Crippen LogP contribution in [0.5, 0.6) is 11.5 Å². The first-order chi connectivity index (χ1) is 9.51. The van der Waals surface area contributed by atoms with Crippen LogP contribution >= 0.6 is 34.8 Å². The van der Waals surface area contributed by atoms with Gasteiger partial charge in [0.15, 0.2) is 0 Å². The summed E-state index contributed by atoms with van der Waals surface area (Å²) in [6.07, 6.45) is 0. The van der Waals surface area contributed by atoms with Crippen molar-refractivity contribution in [3.63, 3.8) is 0 Å². The van der Waals surface area contributed by atoms with E-state index in [2.05, 4.69) is 0 Å². The van der Waals surface area contributed by atoms with E-state index in [1.54, 1.807) is 18.2 Å². The molecule has 4 nitrogen and oxygen atoms in total. The maximum atomic E-state index is 10.7. The smallest absolute Gasteiger partial charge is 0.270 e. The zero-order valence-electron chi connectivity index (χ0n) is 9.98. The fourth-order valence-corrected chi connectivity index (χ4v) is 2.08. The van der Waals surface area contributed by atoms with E-state index in [0.29, 0.717) is 27.1 Å². The minimum absolute atomic E-state index is 0.0507. The average molecular weight is 333 g/mol. The molecule has 0 spiro atoms. The monoisotopic (exact) mass is 331 g/mol. The highest BCUT2D eigenvalue weighted by atomic mass is 35.5. The lowest BCUT2D eigenvalue weighted by Crippen LogP contribution is -1.94. The third-order valence-electron chi connectivity index (χ3n) is 2.51. The number of ether oxygens (including phenoxy) is 1. The molecule has 2 aromatic carbocycles. The van der Waals surface area contributed by atoms with E-state index in [1.807, 2.05) is 0 Å². The first kappa shape index (κ1) is 14.9. The second kappa shape index (κ2) is 6.31.